The Morgan fingerprint density at radius 1 is 1.50 bits per heavy atom. The average molecular weight is 293 g/mol. The van der Waals surface area contributed by atoms with Crippen LogP contribution in [0.5, 0.6) is 0 Å². The number of likely N-dealkylation sites (N-methyl/N-ethyl adjacent to an activating group) is 1. The van der Waals surface area contributed by atoms with Gasteiger partial charge in [-0.15, -0.1) is 0 Å². The van der Waals surface area contributed by atoms with Gasteiger partial charge in [-0.3, -0.25) is 4.79 Å². The summed E-state index contributed by atoms with van der Waals surface area (Å²) in [7, 11) is 1.68. The van der Waals surface area contributed by atoms with Gasteiger partial charge in [-0.05, 0) is 35.7 Å². The topological polar surface area (TPSA) is 70.8 Å². The summed E-state index contributed by atoms with van der Waals surface area (Å²) in [5.74, 6) is -1.39. The van der Waals surface area contributed by atoms with Crippen molar-refractivity contribution in [1.82, 2.24) is 4.90 Å². The van der Waals surface area contributed by atoms with E-state index >= 15 is 0 Å². The maximum atomic E-state index is 12.2. The quantitative estimate of drug-likeness (QED) is 0.920. The van der Waals surface area contributed by atoms with E-state index in [-0.39, 0.29) is 23.3 Å². The van der Waals surface area contributed by atoms with Crippen molar-refractivity contribution in [2.45, 2.75) is 19.4 Å². The van der Waals surface area contributed by atoms with Gasteiger partial charge in [0, 0.05) is 19.2 Å². The number of amides is 1. The molecule has 2 heterocycles. The molecule has 0 radical (unpaired) electrons. The van der Waals surface area contributed by atoms with Crippen LogP contribution in [0.4, 0.5) is 0 Å². The number of carboxylic acid groups (broad SMARTS) is 1. The molecule has 0 saturated heterocycles. The van der Waals surface area contributed by atoms with Crippen LogP contribution in [0.15, 0.2) is 33.6 Å². The number of aromatic carboxylic acids is 1. The molecule has 0 aliphatic rings. The number of hydrogen-bond donors (Lipinski definition) is 1. The molecule has 6 heteroatoms. The number of rotatable bonds is 5. The second kappa shape index (κ2) is 5.92. The summed E-state index contributed by atoms with van der Waals surface area (Å²) in [6, 6.07) is 3.27. The Hall–Kier alpha value is -2.08. The molecule has 5 nitrogen and oxygen atoms in total. The summed E-state index contributed by atoms with van der Waals surface area (Å²) in [6.07, 6.45) is 1.82. The van der Waals surface area contributed by atoms with Crippen LogP contribution in [-0.2, 0) is 6.42 Å². The van der Waals surface area contributed by atoms with Crippen LogP contribution >= 0.6 is 11.3 Å². The minimum atomic E-state index is -1.11. The molecular formula is C14H15NO4S. The number of nitrogens with zero attached hydrogens (tertiary/aromatic N) is 1. The molecule has 1 atom stereocenters. The number of furan rings is 1. The van der Waals surface area contributed by atoms with Gasteiger partial charge in [-0.1, -0.05) is 0 Å². The summed E-state index contributed by atoms with van der Waals surface area (Å²) < 4.78 is 5.02. The summed E-state index contributed by atoms with van der Waals surface area (Å²) in [4.78, 5) is 24.5. The molecule has 2 rings (SSSR count). The van der Waals surface area contributed by atoms with E-state index < -0.39 is 5.97 Å². The lowest BCUT2D eigenvalue weighted by Gasteiger charge is -2.23. The average Bonchev–Trinajstić information content (AvgIpc) is 3.07. The fourth-order valence-corrected chi connectivity index (χ4v) is 2.50. The number of thiophene rings is 1. The minimum Gasteiger partial charge on any atom is -0.478 e. The summed E-state index contributed by atoms with van der Waals surface area (Å²) in [5.41, 5.74) is 1.15. The van der Waals surface area contributed by atoms with Crippen LogP contribution in [0.2, 0.25) is 0 Å². The van der Waals surface area contributed by atoms with Crippen LogP contribution in [0.25, 0.3) is 0 Å². The molecular weight excluding hydrogens is 278 g/mol. The molecule has 106 valence electrons. The second-order valence-corrected chi connectivity index (χ2v) is 5.39. The van der Waals surface area contributed by atoms with Crippen molar-refractivity contribution in [2.24, 2.45) is 0 Å². The molecule has 1 amide bonds. The largest absolute Gasteiger partial charge is 0.478 e. The molecule has 2 aromatic heterocycles. The van der Waals surface area contributed by atoms with E-state index in [1.165, 1.54) is 11.6 Å². The second-order valence-electron chi connectivity index (χ2n) is 4.61. The van der Waals surface area contributed by atoms with Crippen molar-refractivity contribution >= 4 is 23.2 Å². The Kier molecular flexibility index (Phi) is 4.24. The molecule has 0 saturated carbocycles. The molecule has 1 N–H and O–H groups in total. The zero-order valence-corrected chi connectivity index (χ0v) is 12.0. The van der Waals surface area contributed by atoms with Crippen molar-refractivity contribution in [3.8, 4) is 0 Å². The highest BCUT2D eigenvalue weighted by molar-refractivity contribution is 7.07. The highest BCUT2D eigenvalue weighted by Crippen LogP contribution is 2.15. The first-order valence-corrected chi connectivity index (χ1v) is 7.03. The molecule has 0 aromatic carbocycles. The van der Waals surface area contributed by atoms with Gasteiger partial charge in [0.25, 0.3) is 5.91 Å². The van der Waals surface area contributed by atoms with Crippen LogP contribution in [-0.4, -0.2) is 35.0 Å². The van der Waals surface area contributed by atoms with Crippen LogP contribution in [0.1, 0.15) is 33.4 Å². The number of carboxylic acids is 1. The first-order valence-electron chi connectivity index (χ1n) is 6.09. The zero-order valence-electron chi connectivity index (χ0n) is 11.2. The van der Waals surface area contributed by atoms with Crippen molar-refractivity contribution in [1.29, 1.82) is 0 Å². The van der Waals surface area contributed by atoms with E-state index in [0.29, 0.717) is 0 Å². The first-order chi connectivity index (χ1) is 9.49. The predicted octanol–water partition coefficient (Wildman–Crippen LogP) is 2.74. The fraction of sp³-hybridized carbons (Fsp3) is 0.286. The number of hydrogen-bond acceptors (Lipinski definition) is 4. The van der Waals surface area contributed by atoms with E-state index in [2.05, 4.69) is 0 Å². The van der Waals surface area contributed by atoms with E-state index in [9.17, 15) is 9.59 Å². The summed E-state index contributed by atoms with van der Waals surface area (Å²) in [6.45, 7) is 1.94. The molecule has 1 unspecified atom stereocenters. The Bertz CT molecular complexity index is 602. The predicted molar refractivity (Wildman–Crippen MR) is 75.2 cm³/mol. The molecule has 0 aliphatic heterocycles. The van der Waals surface area contributed by atoms with Crippen molar-refractivity contribution in [3.05, 3.63) is 46.0 Å². The van der Waals surface area contributed by atoms with Crippen LogP contribution < -0.4 is 0 Å². The number of carbonyl (C=O) groups is 2. The molecule has 0 spiro atoms. The summed E-state index contributed by atoms with van der Waals surface area (Å²) in [5, 5.41) is 12.9. The Morgan fingerprint density at radius 2 is 2.25 bits per heavy atom. The third kappa shape index (κ3) is 3.08. The minimum absolute atomic E-state index is 0.00419. The van der Waals surface area contributed by atoms with E-state index in [0.717, 1.165) is 12.7 Å². The van der Waals surface area contributed by atoms with Crippen molar-refractivity contribution < 1.29 is 19.1 Å². The Morgan fingerprint density at radius 3 is 2.80 bits per heavy atom. The van der Waals surface area contributed by atoms with E-state index in [4.69, 9.17) is 9.52 Å². The van der Waals surface area contributed by atoms with Gasteiger partial charge < -0.3 is 14.4 Å². The highest BCUT2D eigenvalue weighted by atomic mass is 32.1. The van der Waals surface area contributed by atoms with Crippen LogP contribution in [0, 0.1) is 0 Å². The Labute approximate surface area is 120 Å². The third-order valence-corrected chi connectivity index (χ3v) is 3.88. The smallest absolute Gasteiger partial charge is 0.338 e. The van der Waals surface area contributed by atoms with Gasteiger partial charge in [0.2, 0.25) is 0 Å². The van der Waals surface area contributed by atoms with Gasteiger partial charge in [-0.2, -0.15) is 11.3 Å². The Balaban J connectivity index is 2.05. The molecule has 20 heavy (non-hydrogen) atoms. The van der Waals surface area contributed by atoms with Gasteiger partial charge in [-0.25, -0.2) is 4.79 Å². The van der Waals surface area contributed by atoms with E-state index in [1.54, 1.807) is 23.3 Å². The normalized spacial score (nSPS) is 12.1. The maximum absolute atomic E-state index is 12.2. The standard InChI is InChI=1S/C14H15NO4S/c1-9(5-10-3-4-20-8-10)15(2)13(16)12-6-11(7-19-12)14(17)18/h3-4,6-9H,5H2,1-2H3,(H,17,18). The lowest BCUT2D eigenvalue weighted by Crippen LogP contribution is -2.36. The monoisotopic (exact) mass is 293 g/mol. The van der Waals surface area contributed by atoms with E-state index in [1.807, 2.05) is 23.8 Å². The van der Waals surface area contributed by atoms with Gasteiger partial charge in [0.1, 0.15) is 6.26 Å². The number of carbonyl (C=O) groups excluding carboxylic acids is 1. The van der Waals surface area contributed by atoms with Gasteiger partial charge in [0.15, 0.2) is 5.76 Å². The molecule has 2 aromatic rings. The maximum Gasteiger partial charge on any atom is 0.338 e. The highest BCUT2D eigenvalue weighted by Gasteiger charge is 2.22. The van der Waals surface area contributed by atoms with Crippen LogP contribution in [0.3, 0.4) is 0 Å². The SMILES string of the molecule is CC(Cc1ccsc1)N(C)C(=O)c1cc(C(=O)O)co1. The molecule has 0 fully saturated rings. The molecule has 0 aliphatic carbocycles. The van der Waals surface area contributed by atoms with Gasteiger partial charge >= 0.3 is 5.97 Å². The lowest BCUT2D eigenvalue weighted by molar-refractivity contribution is 0.0692. The zero-order chi connectivity index (χ0) is 14.7. The van der Waals surface area contributed by atoms with Crippen molar-refractivity contribution in [3.63, 3.8) is 0 Å². The fourth-order valence-electron chi connectivity index (χ4n) is 1.82. The van der Waals surface area contributed by atoms with Gasteiger partial charge in [0.05, 0.1) is 5.56 Å². The van der Waals surface area contributed by atoms with Crippen molar-refractivity contribution in [2.75, 3.05) is 7.05 Å². The summed E-state index contributed by atoms with van der Waals surface area (Å²) >= 11 is 1.62. The first kappa shape index (κ1) is 14.3. The third-order valence-electron chi connectivity index (χ3n) is 3.15. The molecule has 0 bridgehead atoms. The lowest BCUT2D eigenvalue weighted by atomic mass is 10.1.